The fourth-order valence-corrected chi connectivity index (χ4v) is 7.21. The molecule has 29 heavy (non-hydrogen) atoms. The highest BCUT2D eigenvalue weighted by molar-refractivity contribution is 5.93. The monoisotopic (exact) mass is 391 g/mol. The molecule has 0 aromatic carbocycles. The summed E-state index contributed by atoms with van der Waals surface area (Å²) in [6, 6.07) is 3.94. The highest BCUT2D eigenvalue weighted by Crippen LogP contribution is 2.64. The highest BCUT2D eigenvalue weighted by atomic mass is 16.3. The van der Waals surface area contributed by atoms with Crippen LogP contribution in [0.2, 0.25) is 0 Å². The van der Waals surface area contributed by atoms with E-state index < -0.39 is 0 Å². The lowest BCUT2D eigenvalue weighted by Crippen LogP contribution is -2.50. The molecule has 4 heteroatoms. The molecule has 4 aliphatic carbocycles. The van der Waals surface area contributed by atoms with E-state index in [0.717, 1.165) is 49.0 Å². The van der Waals surface area contributed by atoms with Crippen LogP contribution < -0.4 is 0 Å². The van der Waals surface area contributed by atoms with Gasteiger partial charge in [0.1, 0.15) is 0 Å². The molecule has 0 amide bonds. The zero-order valence-corrected chi connectivity index (χ0v) is 17.7. The van der Waals surface area contributed by atoms with Crippen LogP contribution in [0.15, 0.2) is 46.4 Å². The van der Waals surface area contributed by atoms with Gasteiger partial charge in [0.25, 0.3) is 0 Å². The van der Waals surface area contributed by atoms with Gasteiger partial charge in [0.2, 0.25) is 0 Å². The van der Waals surface area contributed by atoms with Crippen molar-refractivity contribution >= 4 is 11.9 Å². The molecule has 1 aromatic heterocycles. The van der Waals surface area contributed by atoms with Gasteiger partial charge in [-0.05, 0) is 80.6 Å². The van der Waals surface area contributed by atoms with Gasteiger partial charge >= 0.3 is 0 Å². The van der Waals surface area contributed by atoms with Gasteiger partial charge in [0, 0.05) is 29.1 Å². The van der Waals surface area contributed by atoms with E-state index in [1.54, 1.807) is 11.8 Å². The van der Waals surface area contributed by atoms with Gasteiger partial charge in [-0.25, -0.2) is 0 Å². The van der Waals surface area contributed by atoms with Crippen molar-refractivity contribution in [2.24, 2.45) is 38.8 Å². The molecule has 5 rings (SSSR count). The first-order valence-electron chi connectivity index (χ1n) is 11.4. The van der Waals surface area contributed by atoms with Gasteiger partial charge < -0.3 is 5.11 Å². The molecule has 4 nitrogen and oxygen atoms in total. The van der Waals surface area contributed by atoms with Crippen molar-refractivity contribution in [1.82, 2.24) is 4.98 Å². The van der Waals surface area contributed by atoms with Crippen LogP contribution >= 0.6 is 0 Å². The maximum absolute atomic E-state index is 10.2. The van der Waals surface area contributed by atoms with E-state index in [9.17, 15) is 5.11 Å². The molecular formula is C25H33N3O. The Kier molecular flexibility index (Phi) is 4.73. The van der Waals surface area contributed by atoms with Crippen molar-refractivity contribution in [2.75, 3.05) is 0 Å². The Balaban J connectivity index is 1.38. The van der Waals surface area contributed by atoms with Crippen molar-refractivity contribution in [3.05, 3.63) is 41.7 Å². The molecule has 1 heterocycles. The molecule has 0 saturated heterocycles. The summed E-state index contributed by atoms with van der Waals surface area (Å²) in [6.07, 6.45) is 16.9. The summed E-state index contributed by atoms with van der Waals surface area (Å²) in [4.78, 5) is 4.14. The van der Waals surface area contributed by atoms with Crippen molar-refractivity contribution in [3.63, 3.8) is 0 Å². The summed E-state index contributed by atoms with van der Waals surface area (Å²) < 4.78 is 0. The minimum absolute atomic E-state index is 0.123. The van der Waals surface area contributed by atoms with Crippen LogP contribution in [0.25, 0.3) is 0 Å². The van der Waals surface area contributed by atoms with E-state index in [1.165, 1.54) is 31.4 Å². The molecule has 4 aliphatic rings. The lowest BCUT2D eigenvalue weighted by Gasteiger charge is -2.57. The number of aromatic nitrogens is 1. The third kappa shape index (κ3) is 3.11. The van der Waals surface area contributed by atoms with Crippen molar-refractivity contribution in [3.8, 4) is 0 Å². The fraction of sp³-hybridized carbons (Fsp3) is 0.640. The Morgan fingerprint density at radius 2 is 1.97 bits per heavy atom. The number of fused-ring (bicyclic) bond motifs is 5. The quantitative estimate of drug-likeness (QED) is 0.429. The Morgan fingerprint density at radius 1 is 1.14 bits per heavy atom. The first kappa shape index (κ1) is 19.2. The topological polar surface area (TPSA) is 57.8 Å². The summed E-state index contributed by atoms with van der Waals surface area (Å²) in [5, 5.41) is 19.3. The van der Waals surface area contributed by atoms with Gasteiger partial charge in [0.05, 0.1) is 12.3 Å². The number of nitrogens with zero attached hydrogens (tertiary/aromatic N) is 3. The molecule has 154 valence electrons. The molecular weight excluding hydrogens is 358 g/mol. The normalized spacial score (nSPS) is 43.0. The number of aliphatic hydroxyl groups excluding tert-OH is 1. The van der Waals surface area contributed by atoms with Crippen LogP contribution in [-0.2, 0) is 0 Å². The maximum Gasteiger partial charge on any atom is 0.0583 e. The highest BCUT2D eigenvalue weighted by Gasteiger charge is 2.57. The van der Waals surface area contributed by atoms with Crippen molar-refractivity contribution in [2.45, 2.75) is 71.3 Å². The summed E-state index contributed by atoms with van der Waals surface area (Å²) in [5.74, 6) is 2.24. The SMILES string of the molecule is CC12CC[C@H](O)CC1=CCC1C2CCC2(C)/C(=N/N=C/c3cccnc3)CCC12. The zero-order valence-electron chi connectivity index (χ0n) is 17.7. The summed E-state index contributed by atoms with van der Waals surface area (Å²) in [5.41, 5.74) is 4.36. The maximum atomic E-state index is 10.2. The summed E-state index contributed by atoms with van der Waals surface area (Å²) >= 11 is 0. The lowest BCUT2D eigenvalue weighted by molar-refractivity contribution is -0.0209. The fourth-order valence-electron chi connectivity index (χ4n) is 7.21. The second kappa shape index (κ2) is 7.16. The Bertz CT molecular complexity index is 860. The van der Waals surface area contributed by atoms with Crippen LogP contribution in [0.1, 0.15) is 70.8 Å². The van der Waals surface area contributed by atoms with Crippen LogP contribution in [0.4, 0.5) is 0 Å². The Morgan fingerprint density at radius 3 is 2.79 bits per heavy atom. The molecule has 1 aromatic rings. The van der Waals surface area contributed by atoms with Crippen molar-refractivity contribution in [1.29, 1.82) is 0 Å². The van der Waals surface area contributed by atoms with Crippen LogP contribution in [-0.4, -0.2) is 28.1 Å². The van der Waals surface area contributed by atoms with E-state index in [1.807, 2.05) is 24.5 Å². The molecule has 3 fully saturated rings. The summed E-state index contributed by atoms with van der Waals surface area (Å²) in [7, 11) is 0. The van der Waals surface area contributed by atoms with Crippen LogP contribution in [0, 0.1) is 28.6 Å². The van der Waals surface area contributed by atoms with E-state index in [-0.39, 0.29) is 11.5 Å². The van der Waals surface area contributed by atoms with E-state index in [0.29, 0.717) is 5.41 Å². The van der Waals surface area contributed by atoms with Gasteiger partial charge in [-0.2, -0.15) is 10.2 Å². The number of hydrogen-bond donors (Lipinski definition) is 1. The van der Waals surface area contributed by atoms with E-state index in [4.69, 9.17) is 5.10 Å². The van der Waals surface area contributed by atoms with Crippen LogP contribution in [0.5, 0.6) is 0 Å². The average Bonchev–Trinajstić information content (AvgIpc) is 3.06. The second-order valence-electron chi connectivity index (χ2n) is 10.2. The second-order valence-corrected chi connectivity index (χ2v) is 10.2. The third-order valence-corrected chi connectivity index (χ3v) is 8.89. The first-order chi connectivity index (χ1) is 14.0. The molecule has 0 spiro atoms. The number of allylic oxidation sites excluding steroid dienone is 1. The molecule has 0 aliphatic heterocycles. The molecule has 0 radical (unpaired) electrons. The molecule has 6 atom stereocenters. The molecule has 0 bridgehead atoms. The van der Waals surface area contributed by atoms with Gasteiger partial charge in [-0.3, -0.25) is 4.98 Å². The molecule has 1 N–H and O–H groups in total. The van der Waals surface area contributed by atoms with Crippen molar-refractivity contribution < 1.29 is 5.11 Å². The third-order valence-electron chi connectivity index (χ3n) is 8.89. The Hall–Kier alpha value is -1.81. The number of rotatable bonds is 2. The van der Waals surface area contributed by atoms with E-state index in [2.05, 4.69) is 30.0 Å². The largest absolute Gasteiger partial charge is 0.393 e. The zero-order chi connectivity index (χ0) is 20.1. The smallest absolute Gasteiger partial charge is 0.0583 e. The lowest BCUT2D eigenvalue weighted by atomic mass is 9.48. The average molecular weight is 392 g/mol. The van der Waals surface area contributed by atoms with E-state index >= 15 is 0 Å². The molecule has 5 unspecified atom stereocenters. The van der Waals surface area contributed by atoms with Gasteiger partial charge in [-0.1, -0.05) is 31.6 Å². The van der Waals surface area contributed by atoms with Gasteiger partial charge in [-0.15, -0.1) is 0 Å². The standard InChI is InChI=1S/C25H33N3O/c1-24-11-9-19(29)14-18(24)5-6-20-21-7-8-23(25(21,2)12-10-22(20)24)28-27-16-17-4-3-13-26-15-17/h3-5,13,15-16,19-22,29H,6-12,14H2,1-2H3/b27-16+,28-23+/t19-,20?,21?,22?,24?,25?/m0/s1. The first-order valence-corrected chi connectivity index (χ1v) is 11.4. The minimum atomic E-state index is -0.123. The predicted octanol–water partition coefficient (Wildman–Crippen LogP) is 5.18. The molecule has 3 saturated carbocycles. The minimum Gasteiger partial charge on any atom is -0.393 e. The number of hydrogen-bond acceptors (Lipinski definition) is 4. The predicted molar refractivity (Wildman–Crippen MR) is 117 cm³/mol. The Labute approximate surface area is 174 Å². The summed E-state index contributed by atoms with van der Waals surface area (Å²) in [6.45, 7) is 4.94. The number of aliphatic hydroxyl groups is 1. The van der Waals surface area contributed by atoms with Gasteiger partial charge in [0.15, 0.2) is 0 Å². The van der Waals surface area contributed by atoms with Crippen LogP contribution in [0.3, 0.4) is 0 Å². The number of pyridine rings is 1.